The van der Waals surface area contributed by atoms with E-state index in [0.29, 0.717) is 16.3 Å². The zero-order valence-electron chi connectivity index (χ0n) is 11.5. The quantitative estimate of drug-likeness (QED) is 0.796. The van der Waals surface area contributed by atoms with Crippen LogP contribution in [0.25, 0.3) is 11.1 Å². The number of hydrogen-bond acceptors (Lipinski definition) is 2. The zero-order valence-corrected chi connectivity index (χ0v) is 12.3. The van der Waals surface area contributed by atoms with Gasteiger partial charge in [0.25, 0.3) is 0 Å². The van der Waals surface area contributed by atoms with Crippen molar-refractivity contribution >= 4 is 11.6 Å². The smallest absolute Gasteiger partial charge is 0.122 e. The van der Waals surface area contributed by atoms with E-state index in [1.807, 2.05) is 39.0 Å². The van der Waals surface area contributed by atoms with Crippen LogP contribution in [-0.4, -0.2) is 10.2 Å². The van der Waals surface area contributed by atoms with Gasteiger partial charge in [0.05, 0.1) is 5.02 Å². The maximum atomic E-state index is 9.89. The first-order valence-electron chi connectivity index (χ1n) is 6.12. The predicted octanol–water partition coefficient (Wildman–Crippen LogP) is 4.65. The molecule has 2 N–H and O–H groups in total. The Morgan fingerprint density at radius 2 is 1.26 bits per heavy atom. The largest absolute Gasteiger partial charge is 0.507 e. The third-order valence-corrected chi connectivity index (χ3v) is 3.94. The molecule has 0 unspecified atom stereocenters. The molecular formula is C16H17ClO2. The predicted molar refractivity (Wildman–Crippen MR) is 79.2 cm³/mol. The summed E-state index contributed by atoms with van der Waals surface area (Å²) in [5, 5.41) is 20.3. The minimum atomic E-state index is 0.237. The van der Waals surface area contributed by atoms with Crippen LogP contribution in [0.3, 0.4) is 0 Å². The summed E-state index contributed by atoms with van der Waals surface area (Å²) < 4.78 is 0. The number of aromatic hydroxyl groups is 2. The van der Waals surface area contributed by atoms with Gasteiger partial charge in [-0.25, -0.2) is 0 Å². The Labute approximate surface area is 118 Å². The van der Waals surface area contributed by atoms with Crippen molar-refractivity contribution in [3.8, 4) is 22.6 Å². The molecule has 0 atom stereocenters. The van der Waals surface area contributed by atoms with Crippen molar-refractivity contribution in [3.63, 3.8) is 0 Å². The van der Waals surface area contributed by atoms with E-state index < -0.39 is 0 Å². The first-order chi connectivity index (χ1) is 8.82. The van der Waals surface area contributed by atoms with Gasteiger partial charge in [-0.1, -0.05) is 11.6 Å². The van der Waals surface area contributed by atoms with Crippen molar-refractivity contribution in [2.45, 2.75) is 27.7 Å². The molecule has 100 valence electrons. The molecule has 3 heteroatoms. The van der Waals surface area contributed by atoms with Crippen LogP contribution in [0.4, 0.5) is 0 Å². The van der Waals surface area contributed by atoms with Gasteiger partial charge in [0.1, 0.15) is 11.5 Å². The van der Waals surface area contributed by atoms with Crippen LogP contribution in [-0.2, 0) is 0 Å². The molecule has 0 bridgehead atoms. The minimum absolute atomic E-state index is 0.237. The Kier molecular flexibility index (Phi) is 3.46. The lowest BCUT2D eigenvalue weighted by Gasteiger charge is -2.14. The van der Waals surface area contributed by atoms with Crippen molar-refractivity contribution in [1.82, 2.24) is 0 Å². The highest BCUT2D eigenvalue weighted by Gasteiger charge is 2.14. The molecule has 0 aliphatic carbocycles. The molecule has 19 heavy (non-hydrogen) atoms. The highest BCUT2D eigenvalue weighted by atomic mass is 35.5. The van der Waals surface area contributed by atoms with Crippen LogP contribution in [0.1, 0.15) is 22.3 Å². The van der Waals surface area contributed by atoms with Gasteiger partial charge in [-0.2, -0.15) is 0 Å². The van der Waals surface area contributed by atoms with Crippen molar-refractivity contribution in [3.05, 3.63) is 45.5 Å². The number of rotatable bonds is 1. The Morgan fingerprint density at radius 1 is 0.789 bits per heavy atom. The summed E-state index contributed by atoms with van der Waals surface area (Å²) in [5.74, 6) is 0.549. The number of hydrogen-bond donors (Lipinski definition) is 2. The molecule has 0 aliphatic heterocycles. The monoisotopic (exact) mass is 276 g/mol. The topological polar surface area (TPSA) is 40.5 Å². The normalized spacial score (nSPS) is 10.8. The lowest BCUT2D eigenvalue weighted by atomic mass is 9.96. The summed E-state index contributed by atoms with van der Waals surface area (Å²) in [7, 11) is 0. The molecule has 0 saturated carbocycles. The SMILES string of the molecule is Cc1cc(-c2cc(C)c(O)c(C)c2Cl)cc(C)c1O. The second-order valence-electron chi connectivity index (χ2n) is 4.99. The van der Waals surface area contributed by atoms with E-state index >= 15 is 0 Å². The van der Waals surface area contributed by atoms with Crippen LogP contribution >= 0.6 is 11.6 Å². The molecule has 0 fully saturated rings. The van der Waals surface area contributed by atoms with Crippen LogP contribution < -0.4 is 0 Å². The zero-order chi connectivity index (χ0) is 14.3. The molecule has 2 aromatic rings. The van der Waals surface area contributed by atoms with Crippen molar-refractivity contribution in [2.24, 2.45) is 0 Å². The fourth-order valence-corrected chi connectivity index (χ4v) is 2.52. The molecule has 2 rings (SSSR count). The van der Waals surface area contributed by atoms with Crippen molar-refractivity contribution in [2.75, 3.05) is 0 Å². The summed E-state index contributed by atoms with van der Waals surface area (Å²) in [5.41, 5.74) is 4.92. The number of phenols is 2. The standard InChI is InChI=1S/C16H17ClO2/c1-8-5-12(6-9(2)15(8)18)13-7-10(3)16(19)11(4)14(13)17/h5-7,18-19H,1-4H3. The number of phenolic OH excluding ortho intramolecular Hbond substituents is 2. The van der Waals surface area contributed by atoms with Gasteiger partial charge in [0.15, 0.2) is 0 Å². The van der Waals surface area contributed by atoms with E-state index in [2.05, 4.69) is 0 Å². The highest BCUT2D eigenvalue weighted by molar-refractivity contribution is 6.34. The molecular weight excluding hydrogens is 260 g/mol. The van der Waals surface area contributed by atoms with Crippen molar-refractivity contribution < 1.29 is 10.2 Å². The number of benzene rings is 2. The van der Waals surface area contributed by atoms with Gasteiger partial charge in [-0.3, -0.25) is 0 Å². The van der Waals surface area contributed by atoms with Gasteiger partial charge in [0.2, 0.25) is 0 Å². The van der Waals surface area contributed by atoms with E-state index in [4.69, 9.17) is 11.6 Å². The van der Waals surface area contributed by atoms with Crippen LogP contribution in [0.5, 0.6) is 11.5 Å². The molecule has 0 amide bonds. The summed E-state index contributed by atoms with van der Waals surface area (Å²) in [6.07, 6.45) is 0. The van der Waals surface area contributed by atoms with Crippen LogP contribution in [0.2, 0.25) is 5.02 Å². The number of halogens is 1. The van der Waals surface area contributed by atoms with Gasteiger partial charge in [-0.15, -0.1) is 0 Å². The Bertz CT molecular complexity index is 637. The highest BCUT2D eigenvalue weighted by Crippen LogP contribution is 2.39. The molecule has 2 nitrogen and oxygen atoms in total. The molecule has 0 saturated heterocycles. The van der Waals surface area contributed by atoms with Crippen LogP contribution in [0.15, 0.2) is 18.2 Å². The Balaban J connectivity index is 2.73. The molecule has 2 aromatic carbocycles. The maximum Gasteiger partial charge on any atom is 0.122 e. The Hall–Kier alpha value is -1.67. The fourth-order valence-electron chi connectivity index (χ4n) is 2.27. The summed E-state index contributed by atoms with van der Waals surface area (Å²) in [6.45, 7) is 7.37. The van der Waals surface area contributed by atoms with E-state index in [0.717, 1.165) is 27.8 Å². The average molecular weight is 277 g/mol. The lowest BCUT2D eigenvalue weighted by molar-refractivity contribution is 0.466. The summed E-state index contributed by atoms with van der Waals surface area (Å²) >= 11 is 6.33. The second kappa shape index (κ2) is 4.78. The molecule has 0 aliphatic rings. The van der Waals surface area contributed by atoms with Crippen LogP contribution in [0, 0.1) is 27.7 Å². The maximum absolute atomic E-state index is 9.89. The summed E-state index contributed by atoms with van der Waals surface area (Å²) in [4.78, 5) is 0. The first kappa shape index (κ1) is 13.8. The molecule has 0 radical (unpaired) electrons. The van der Waals surface area contributed by atoms with Gasteiger partial charge < -0.3 is 10.2 Å². The minimum Gasteiger partial charge on any atom is -0.507 e. The Morgan fingerprint density at radius 3 is 1.79 bits per heavy atom. The van der Waals surface area contributed by atoms with E-state index in [9.17, 15) is 10.2 Å². The fraction of sp³-hybridized carbons (Fsp3) is 0.250. The van der Waals surface area contributed by atoms with Gasteiger partial charge in [-0.05, 0) is 68.1 Å². The molecule has 0 heterocycles. The summed E-state index contributed by atoms with van der Waals surface area (Å²) in [6, 6.07) is 5.68. The third kappa shape index (κ3) is 2.28. The van der Waals surface area contributed by atoms with E-state index in [1.54, 1.807) is 6.92 Å². The van der Waals surface area contributed by atoms with Gasteiger partial charge >= 0.3 is 0 Å². The lowest BCUT2D eigenvalue weighted by Crippen LogP contribution is -1.90. The van der Waals surface area contributed by atoms with Gasteiger partial charge in [0, 0.05) is 11.1 Å². The first-order valence-corrected chi connectivity index (χ1v) is 6.50. The third-order valence-electron chi connectivity index (χ3n) is 3.46. The van der Waals surface area contributed by atoms with E-state index in [1.165, 1.54) is 0 Å². The average Bonchev–Trinajstić information content (AvgIpc) is 2.37. The second-order valence-corrected chi connectivity index (χ2v) is 5.37. The van der Waals surface area contributed by atoms with E-state index in [-0.39, 0.29) is 5.75 Å². The van der Waals surface area contributed by atoms with Crippen molar-refractivity contribution in [1.29, 1.82) is 0 Å². The molecule has 0 aromatic heterocycles. The molecule has 0 spiro atoms. The number of aryl methyl sites for hydroxylation is 3.